The van der Waals surface area contributed by atoms with Crippen LogP contribution in [0.25, 0.3) is 0 Å². The van der Waals surface area contributed by atoms with Crippen LogP contribution in [0.2, 0.25) is 0 Å². The minimum atomic E-state index is -0.0391. The first-order valence-electron chi connectivity index (χ1n) is 21.7. The zero-order valence-electron chi connectivity index (χ0n) is 33.2. The van der Waals surface area contributed by atoms with Gasteiger partial charge in [0, 0.05) is 13.7 Å². The molecule has 0 aromatic heterocycles. The Morgan fingerprint density at radius 1 is 0.362 bits per heavy atom. The highest BCUT2D eigenvalue weighted by molar-refractivity contribution is 4.82. The summed E-state index contributed by atoms with van der Waals surface area (Å²) < 4.78 is 5.05. The van der Waals surface area contributed by atoms with Crippen molar-refractivity contribution in [2.75, 3.05) is 13.7 Å². The van der Waals surface area contributed by atoms with E-state index >= 15 is 0 Å². The standard InChI is InChI=1S/C27H54O.C18H36O/c1-3-5-7-9-11-12-13-14-15-16-17-18-20-22-24-26-27(28)25-23-21-19-10-8-6-4-2;1-3-4-5-6-7-8-9-10-11-12-13-14-15-16-17-18-19-2/h13-14,27-28H,3-12,15-26H2,1-2H3;9-10H,3-8,11-18H2,1-2H3/b14-13-;10-9-. The first kappa shape index (κ1) is 48.5. The number of allylic oxidation sites excluding steroid dienone is 4. The number of hydrogen-bond donors (Lipinski definition) is 1. The van der Waals surface area contributed by atoms with Gasteiger partial charge in [0.05, 0.1) is 6.10 Å². The lowest BCUT2D eigenvalue weighted by molar-refractivity contribution is 0.147. The second kappa shape index (κ2) is 47.5. The van der Waals surface area contributed by atoms with E-state index in [0.29, 0.717) is 0 Å². The van der Waals surface area contributed by atoms with Crippen LogP contribution in [-0.4, -0.2) is 24.9 Å². The van der Waals surface area contributed by atoms with Gasteiger partial charge in [-0.25, -0.2) is 0 Å². The predicted octanol–water partition coefficient (Wildman–Crippen LogP) is 15.8. The van der Waals surface area contributed by atoms with Crippen molar-refractivity contribution in [1.29, 1.82) is 0 Å². The molecule has 0 aliphatic heterocycles. The third-order valence-electron chi connectivity index (χ3n) is 9.55. The van der Waals surface area contributed by atoms with Gasteiger partial charge in [-0.15, -0.1) is 0 Å². The molecule has 0 rings (SSSR count). The van der Waals surface area contributed by atoms with Crippen LogP contribution < -0.4 is 0 Å². The van der Waals surface area contributed by atoms with Crippen LogP contribution in [0.1, 0.15) is 245 Å². The van der Waals surface area contributed by atoms with Crippen molar-refractivity contribution in [3.05, 3.63) is 24.3 Å². The van der Waals surface area contributed by atoms with Crippen LogP contribution >= 0.6 is 0 Å². The summed E-state index contributed by atoms with van der Waals surface area (Å²) in [6.07, 6.45) is 56.2. The summed E-state index contributed by atoms with van der Waals surface area (Å²) in [5.41, 5.74) is 0. The van der Waals surface area contributed by atoms with Gasteiger partial charge in [0.15, 0.2) is 0 Å². The molecule has 0 amide bonds. The number of ether oxygens (including phenoxy) is 1. The Kier molecular flexibility index (Phi) is 49.0. The molecule has 0 aliphatic carbocycles. The van der Waals surface area contributed by atoms with E-state index in [4.69, 9.17) is 4.74 Å². The number of hydrogen-bond acceptors (Lipinski definition) is 2. The minimum Gasteiger partial charge on any atom is -0.393 e. The molecule has 0 fully saturated rings. The molecule has 0 aromatic rings. The summed E-state index contributed by atoms with van der Waals surface area (Å²) in [4.78, 5) is 0. The molecule has 0 saturated heterocycles. The van der Waals surface area contributed by atoms with Crippen LogP contribution in [0.15, 0.2) is 24.3 Å². The second-order valence-corrected chi connectivity index (χ2v) is 14.5. The van der Waals surface area contributed by atoms with Gasteiger partial charge in [-0.1, -0.05) is 199 Å². The van der Waals surface area contributed by atoms with Gasteiger partial charge in [0.25, 0.3) is 0 Å². The molecule has 2 heteroatoms. The van der Waals surface area contributed by atoms with Crippen LogP contribution in [0.3, 0.4) is 0 Å². The number of aliphatic hydroxyl groups excluding tert-OH is 1. The number of aliphatic hydroxyl groups is 1. The van der Waals surface area contributed by atoms with Gasteiger partial charge in [0.2, 0.25) is 0 Å². The Morgan fingerprint density at radius 2 is 0.617 bits per heavy atom. The first-order chi connectivity index (χ1) is 23.2. The highest BCUT2D eigenvalue weighted by atomic mass is 16.5. The molecule has 1 N–H and O–H groups in total. The fourth-order valence-electron chi connectivity index (χ4n) is 6.25. The van der Waals surface area contributed by atoms with E-state index in [1.54, 1.807) is 7.11 Å². The molecule has 2 nitrogen and oxygen atoms in total. The molecule has 0 radical (unpaired) electrons. The molecule has 0 aromatic carbocycles. The Bertz CT molecular complexity index is 568. The van der Waals surface area contributed by atoms with Gasteiger partial charge >= 0.3 is 0 Å². The van der Waals surface area contributed by atoms with Crippen molar-refractivity contribution < 1.29 is 9.84 Å². The zero-order chi connectivity index (χ0) is 34.6. The zero-order valence-corrected chi connectivity index (χ0v) is 33.2. The number of unbranched alkanes of at least 4 members (excludes halogenated alkanes) is 28. The van der Waals surface area contributed by atoms with Crippen molar-refractivity contribution in [2.24, 2.45) is 0 Å². The van der Waals surface area contributed by atoms with Gasteiger partial charge in [-0.05, 0) is 70.6 Å². The largest absolute Gasteiger partial charge is 0.393 e. The van der Waals surface area contributed by atoms with Gasteiger partial charge in [0.1, 0.15) is 0 Å². The fourth-order valence-corrected chi connectivity index (χ4v) is 6.25. The summed E-state index contributed by atoms with van der Waals surface area (Å²) in [5.74, 6) is 0. The quantitative estimate of drug-likeness (QED) is 0.0526. The van der Waals surface area contributed by atoms with Gasteiger partial charge < -0.3 is 9.84 Å². The number of rotatable bonds is 38. The van der Waals surface area contributed by atoms with Gasteiger partial charge in [-0.2, -0.15) is 0 Å². The van der Waals surface area contributed by atoms with E-state index in [1.165, 1.54) is 212 Å². The van der Waals surface area contributed by atoms with E-state index < -0.39 is 0 Å². The normalized spacial score (nSPS) is 12.3. The van der Waals surface area contributed by atoms with Crippen molar-refractivity contribution >= 4 is 0 Å². The first-order valence-corrected chi connectivity index (χ1v) is 21.7. The SMILES string of the molecule is CCCCCCC/C=C\CCCCCCCCC(O)CCCCCCCCC.CCCCCCC/C=C\CCCCCCCCOC. The summed E-state index contributed by atoms with van der Waals surface area (Å²) in [6.45, 7) is 7.76. The van der Waals surface area contributed by atoms with Gasteiger partial charge in [-0.3, -0.25) is 0 Å². The molecule has 1 unspecified atom stereocenters. The molecule has 0 spiro atoms. The highest BCUT2D eigenvalue weighted by Crippen LogP contribution is 2.15. The second-order valence-electron chi connectivity index (χ2n) is 14.5. The molecule has 282 valence electrons. The maximum atomic E-state index is 10.1. The molecule has 0 bridgehead atoms. The summed E-state index contributed by atoms with van der Waals surface area (Å²) in [7, 11) is 1.79. The molecular weight excluding hydrogens is 572 g/mol. The van der Waals surface area contributed by atoms with Crippen molar-refractivity contribution in [1.82, 2.24) is 0 Å². The lowest BCUT2D eigenvalue weighted by Gasteiger charge is -2.10. The lowest BCUT2D eigenvalue weighted by atomic mass is 10.0. The fraction of sp³-hybridized carbons (Fsp3) is 0.911. The monoisotopic (exact) mass is 663 g/mol. The van der Waals surface area contributed by atoms with E-state index in [-0.39, 0.29) is 6.10 Å². The maximum absolute atomic E-state index is 10.1. The van der Waals surface area contributed by atoms with Crippen molar-refractivity contribution in [2.45, 2.75) is 252 Å². The minimum absolute atomic E-state index is 0.0391. The Labute approximate surface area is 298 Å². The number of methoxy groups -OCH3 is 1. The van der Waals surface area contributed by atoms with E-state index in [0.717, 1.165) is 19.4 Å². The molecule has 0 saturated carbocycles. The van der Waals surface area contributed by atoms with Crippen LogP contribution in [0.4, 0.5) is 0 Å². The lowest BCUT2D eigenvalue weighted by Crippen LogP contribution is -2.05. The third kappa shape index (κ3) is 49.9. The summed E-state index contributed by atoms with van der Waals surface area (Å²) in [6, 6.07) is 0. The Balaban J connectivity index is 0. The van der Waals surface area contributed by atoms with E-state index in [9.17, 15) is 5.11 Å². The van der Waals surface area contributed by atoms with E-state index in [2.05, 4.69) is 45.1 Å². The molecule has 0 heterocycles. The predicted molar refractivity (Wildman–Crippen MR) is 215 cm³/mol. The smallest absolute Gasteiger partial charge is 0.0540 e. The average molecular weight is 663 g/mol. The molecule has 1 atom stereocenters. The Morgan fingerprint density at radius 3 is 0.915 bits per heavy atom. The summed E-state index contributed by atoms with van der Waals surface area (Å²) >= 11 is 0. The topological polar surface area (TPSA) is 29.5 Å². The third-order valence-corrected chi connectivity index (χ3v) is 9.55. The summed E-state index contributed by atoms with van der Waals surface area (Å²) in [5, 5.41) is 10.1. The highest BCUT2D eigenvalue weighted by Gasteiger charge is 2.03. The van der Waals surface area contributed by atoms with Crippen LogP contribution in [0, 0.1) is 0 Å². The molecular formula is C45H90O2. The van der Waals surface area contributed by atoms with Crippen molar-refractivity contribution in [3.63, 3.8) is 0 Å². The molecule has 0 aliphatic rings. The maximum Gasteiger partial charge on any atom is 0.0540 e. The van der Waals surface area contributed by atoms with Crippen molar-refractivity contribution in [3.8, 4) is 0 Å². The van der Waals surface area contributed by atoms with E-state index in [1.807, 2.05) is 0 Å². The molecule has 47 heavy (non-hydrogen) atoms. The van der Waals surface area contributed by atoms with Crippen LogP contribution in [0.5, 0.6) is 0 Å². The average Bonchev–Trinajstić information content (AvgIpc) is 3.08. The Hall–Kier alpha value is -0.600. The van der Waals surface area contributed by atoms with Crippen LogP contribution in [-0.2, 0) is 4.74 Å².